The first kappa shape index (κ1) is 17.6. The van der Waals surface area contributed by atoms with E-state index in [0.29, 0.717) is 15.7 Å². The van der Waals surface area contributed by atoms with Crippen molar-refractivity contribution >= 4 is 40.3 Å². The molecule has 2 aromatic rings. The van der Waals surface area contributed by atoms with Gasteiger partial charge in [0.1, 0.15) is 0 Å². The highest BCUT2D eigenvalue weighted by atomic mass is 35.5. The first-order valence-corrected chi connectivity index (χ1v) is 8.20. The molecule has 0 atom stereocenters. The van der Waals surface area contributed by atoms with E-state index in [1.54, 1.807) is 6.07 Å². The van der Waals surface area contributed by atoms with Gasteiger partial charge in [0.05, 0.1) is 11.4 Å². The van der Waals surface area contributed by atoms with Crippen molar-refractivity contribution in [3.05, 3.63) is 57.6 Å². The number of nitrogens with zero attached hydrogens (tertiary/aromatic N) is 2. The molecule has 0 unspecified atom stereocenters. The van der Waals surface area contributed by atoms with Gasteiger partial charge in [-0.05, 0) is 58.0 Å². The maximum absolute atomic E-state index is 6.12. The quantitative estimate of drug-likeness (QED) is 0.448. The Hall–Kier alpha value is -1.71. The molecule has 0 spiro atoms. The molecule has 0 saturated heterocycles. The number of anilines is 2. The van der Waals surface area contributed by atoms with E-state index in [0.717, 1.165) is 22.5 Å². The predicted octanol–water partition coefficient (Wildman–Crippen LogP) is 5.52. The third-order valence-corrected chi connectivity index (χ3v) is 3.89. The van der Waals surface area contributed by atoms with E-state index in [1.165, 1.54) is 0 Å². The molecule has 0 saturated carbocycles. The van der Waals surface area contributed by atoms with E-state index < -0.39 is 0 Å². The van der Waals surface area contributed by atoms with Crippen LogP contribution < -0.4 is 10.7 Å². The Morgan fingerprint density at radius 2 is 1.70 bits per heavy atom. The summed E-state index contributed by atoms with van der Waals surface area (Å²) in [5, 5.41) is 7.82. The summed E-state index contributed by atoms with van der Waals surface area (Å²) >= 11 is 12.2. The molecule has 2 aromatic carbocycles. The van der Waals surface area contributed by atoms with E-state index in [4.69, 9.17) is 34.0 Å². The smallest absolute Gasteiger partial charge is 0.0671 e. The lowest BCUT2D eigenvalue weighted by atomic mass is 10.1. The molecule has 0 bridgehead atoms. The summed E-state index contributed by atoms with van der Waals surface area (Å²) in [6.45, 7) is 8.11. The number of hydrazone groups is 1. The first-order chi connectivity index (χ1) is 10.8. The molecule has 122 valence electrons. The molecular weight excluding hydrogens is 329 g/mol. The average molecular weight is 350 g/mol. The third-order valence-electron chi connectivity index (χ3n) is 3.46. The van der Waals surface area contributed by atoms with Crippen LogP contribution in [0.1, 0.15) is 31.9 Å². The minimum Gasteiger partial charge on any atom is -0.398 e. The summed E-state index contributed by atoms with van der Waals surface area (Å²) in [6.07, 6.45) is 0. The number of halogens is 2. The number of rotatable bonds is 4. The zero-order valence-corrected chi connectivity index (χ0v) is 15.3. The zero-order valence-electron chi connectivity index (χ0n) is 13.8. The lowest BCUT2D eigenvalue weighted by Crippen LogP contribution is -2.26. The Balaban J connectivity index is 2.47. The second kappa shape index (κ2) is 7.24. The number of hydrogen-bond acceptors (Lipinski definition) is 3. The Bertz CT molecular complexity index is 719. The van der Waals surface area contributed by atoms with Gasteiger partial charge < -0.3 is 5.73 Å². The van der Waals surface area contributed by atoms with Gasteiger partial charge >= 0.3 is 0 Å². The number of hydrogen-bond donors (Lipinski definition) is 1. The maximum atomic E-state index is 6.12. The van der Waals surface area contributed by atoms with Gasteiger partial charge in [0, 0.05) is 27.3 Å². The van der Waals surface area contributed by atoms with Crippen LogP contribution in [0.5, 0.6) is 0 Å². The fourth-order valence-corrected chi connectivity index (χ4v) is 2.86. The SMILES string of the molecule is C/C(=N\N(c1cc(Cl)cc(Cl)c1)C(C)C)c1cc(C)ccc1N. The highest BCUT2D eigenvalue weighted by Crippen LogP contribution is 2.27. The van der Waals surface area contributed by atoms with Crippen LogP contribution in [0, 0.1) is 6.92 Å². The third kappa shape index (κ3) is 4.40. The van der Waals surface area contributed by atoms with Gasteiger partial charge in [0.25, 0.3) is 0 Å². The molecule has 2 N–H and O–H groups in total. The Morgan fingerprint density at radius 3 is 2.26 bits per heavy atom. The Labute approximate surface area is 147 Å². The standard InChI is InChI=1S/C18H21Cl2N3/c1-11(2)23(16-9-14(19)8-15(20)10-16)22-13(4)17-7-12(3)5-6-18(17)21/h5-11H,21H2,1-4H3/b22-13+. The van der Waals surface area contributed by atoms with Crippen molar-refractivity contribution in [1.82, 2.24) is 0 Å². The van der Waals surface area contributed by atoms with Gasteiger partial charge in [-0.3, -0.25) is 5.01 Å². The molecule has 5 heteroatoms. The lowest BCUT2D eigenvalue weighted by molar-refractivity contribution is 0.713. The molecule has 0 fully saturated rings. The van der Waals surface area contributed by atoms with Crippen LogP contribution in [0.15, 0.2) is 41.5 Å². The van der Waals surface area contributed by atoms with Crippen LogP contribution in [0.2, 0.25) is 10.0 Å². The highest BCUT2D eigenvalue weighted by Gasteiger charge is 2.13. The number of nitrogens with two attached hydrogens (primary N) is 1. The summed E-state index contributed by atoms with van der Waals surface area (Å²) in [5.41, 5.74) is 10.6. The fourth-order valence-electron chi connectivity index (χ4n) is 2.34. The maximum Gasteiger partial charge on any atom is 0.0671 e. The summed E-state index contributed by atoms with van der Waals surface area (Å²) in [6, 6.07) is 11.5. The van der Waals surface area contributed by atoms with Gasteiger partial charge in [-0.2, -0.15) is 5.10 Å². The summed E-state index contributed by atoms with van der Waals surface area (Å²) in [5.74, 6) is 0. The van der Waals surface area contributed by atoms with Crippen LogP contribution in [0.3, 0.4) is 0 Å². The monoisotopic (exact) mass is 349 g/mol. The van der Waals surface area contributed by atoms with E-state index >= 15 is 0 Å². The molecule has 0 amide bonds. The van der Waals surface area contributed by atoms with Gasteiger partial charge in [-0.1, -0.05) is 34.8 Å². The largest absolute Gasteiger partial charge is 0.398 e. The van der Waals surface area contributed by atoms with Crippen LogP contribution in [-0.4, -0.2) is 11.8 Å². The number of nitrogen functional groups attached to an aromatic ring is 1. The molecule has 23 heavy (non-hydrogen) atoms. The molecule has 2 rings (SSSR count). The molecule has 0 heterocycles. The molecule has 3 nitrogen and oxygen atoms in total. The summed E-state index contributed by atoms with van der Waals surface area (Å²) in [4.78, 5) is 0. The van der Waals surface area contributed by atoms with Crippen LogP contribution in [0.4, 0.5) is 11.4 Å². The Kier molecular flexibility index (Phi) is 5.55. The summed E-state index contributed by atoms with van der Waals surface area (Å²) in [7, 11) is 0. The molecule has 0 aliphatic heterocycles. The second-order valence-electron chi connectivity index (χ2n) is 5.84. The van der Waals surface area contributed by atoms with Gasteiger partial charge in [0.15, 0.2) is 0 Å². The normalized spacial score (nSPS) is 11.9. The Morgan fingerprint density at radius 1 is 1.09 bits per heavy atom. The zero-order chi connectivity index (χ0) is 17.1. The van der Waals surface area contributed by atoms with Crippen molar-refractivity contribution in [3.8, 4) is 0 Å². The van der Waals surface area contributed by atoms with Crippen molar-refractivity contribution in [2.45, 2.75) is 33.7 Å². The predicted molar refractivity (Wildman–Crippen MR) is 102 cm³/mol. The van der Waals surface area contributed by atoms with Gasteiger partial charge in [0.2, 0.25) is 0 Å². The van der Waals surface area contributed by atoms with Gasteiger partial charge in [-0.15, -0.1) is 0 Å². The summed E-state index contributed by atoms with van der Waals surface area (Å²) < 4.78 is 0. The van der Waals surface area contributed by atoms with Crippen molar-refractivity contribution in [2.24, 2.45) is 5.10 Å². The van der Waals surface area contributed by atoms with Gasteiger partial charge in [-0.25, -0.2) is 0 Å². The topological polar surface area (TPSA) is 41.6 Å². The second-order valence-corrected chi connectivity index (χ2v) is 6.71. The van der Waals surface area contributed by atoms with Crippen molar-refractivity contribution in [3.63, 3.8) is 0 Å². The minimum atomic E-state index is 0.144. The number of aryl methyl sites for hydroxylation is 1. The van der Waals surface area contributed by atoms with E-state index in [2.05, 4.69) is 13.8 Å². The minimum absolute atomic E-state index is 0.144. The van der Waals surface area contributed by atoms with Crippen LogP contribution in [-0.2, 0) is 0 Å². The molecule has 0 radical (unpaired) electrons. The van der Waals surface area contributed by atoms with Crippen molar-refractivity contribution in [2.75, 3.05) is 10.7 Å². The molecule has 0 aliphatic rings. The average Bonchev–Trinajstić information content (AvgIpc) is 2.45. The molecule has 0 aromatic heterocycles. The number of benzene rings is 2. The van der Waals surface area contributed by atoms with E-state index in [9.17, 15) is 0 Å². The van der Waals surface area contributed by atoms with Crippen LogP contribution >= 0.6 is 23.2 Å². The van der Waals surface area contributed by atoms with Crippen molar-refractivity contribution < 1.29 is 0 Å². The fraction of sp³-hybridized carbons (Fsp3) is 0.278. The lowest BCUT2D eigenvalue weighted by Gasteiger charge is -2.25. The van der Waals surface area contributed by atoms with E-state index in [-0.39, 0.29) is 6.04 Å². The van der Waals surface area contributed by atoms with Crippen LogP contribution in [0.25, 0.3) is 0 Å². The van der Waals surface area contributed by atoms with E-state index in [1.807, 2.05) is 49.2 Å². The molecular formula is C18H21Cl2N3. The highest BCUT2D eigenvalue weighted by molar-refractivity contribution is 6.35. The first-order valence-electron chi connectivity index (χ1n) is 7.45. The van der Waals surface area contributed by atoms with Crippen molar-refractivity contribution in [1.29, 1.82) is 0 Å². The molecule has 0 aliphatic carbocycles.